The minimum Gasteiger partial charge on any atom is -0.496 e. The number of nitrogens with two attached hydrogens (primary N) is 1. The molecule has 1 fully saturated rings. The van der Waals surface area contributed by atoms with Gasteiger partial charge in [0.25, 0.3) is 0 Å². The van der Waals surface area contributed by atoms with Gasteiger partial charge in [0.2, 0.25) is 0 Å². The molecule has 0 spiro atoms. The lowest BCUT2D eigenvalue weighted by molar-refractivity contribution is 0.0182. The van der Waals surface area contributed by atoms with Crippen LogP contribution in [0.15, 0.2) is 18.2 Å². The van der Waals surface area contributed by atoms with E-state index in [1.807, 2.05) is 0 Å². The van der Waals surface area contributed by atoms with E-state index in [4.69, 9.17) is 10.5 Å². The molecule has 0 radical (unpaired) electrons. The van der Waals surface area contributed by atoms with Gasteiger partial charge in [-0.2, -0.15) is 0 Å². The van der Waals surface area contributed by atoms with Gasteiger partial charge in [-0.1, -0.05) is 38.8 Å². The molecular weight excluding hydrogens is 234 g/mol. The van der Waals surface area contributed by atoms with Crippen molar-refractivity contribution in [3.05, 3.63) is 29.3 Å². The second-order valence-corrected chi connectivity index (χ2v) is 6.23. The molecule has 1 saturated carbocycles. The fourth-order valence-corrected chi connectivity index (χ4v) is 3.75. The van der Waals surface area contributed by atoms with E-state index >= 15 is 0 Å². The molecule has 2 N–H and O–H groups in total. The summed E-state index contributed by atoms with van der Waals surface area (Å²) >= 11 is 0. The summed E-state index contributed by atoms with van der Waals surface area (Å²) in [6.07, 6.45) is 4.95. The Morgan fingerprint density at radius 2 is 1.84 bits per heavy atom. The molecule has 0 aromatic heterocycles. The lowest BCUT2D eigenvalue weighted by Crippen LogP contribution is -2.53. The molecule has 106 valence electrons. The maximum absolute atomic E-state index is 6.12. The molecule has 0 saturated heterocycles. The van der Waals surface area contributed by atoms with E-state index in [0.29, 0.717) is 5.41 Å². The van der Waals surface area contributed by atoms with Gasteiger partial charge in [-0.25, -0.2) is 0 Å². The third-order valence-electron chi connectivity index (χ3n) is 5.34. The van der Waals surface area contributed by atoms with Crippen molar-refractivity contribution >= 4 is 0 Å². The van der Waals surface area contributed by atoms with E-state index in [1.54, 1.807) is 7.11 Å². The van der Waals surface area contributed by atoms with E-state index in [9.17, 15) is 0 Å². The zero-order valence-corrected chi connectivity index (χ0v) is 12.8. The molecule has 0 amide bonds. The largest absolute Gasteiger partial charge is 0.496 e. The molecule has 0 unspecified atom stereocenters. The van der Waals surface area contributed by atoms with Gasteiger partial charge >= 0.3 is 0 Å². The summed E-state index contributed by atoms with van der Waals surface area (Å²) < 4.78 is 5.46. The molecule has 1 aromatic carbocycles. The van der Waals surface area contributed by atoms with Crippen molar-refractivity contribution in [1.29, 1.82) is 0 Å². The Bertz CT molecular complexity index is 441. The van der Waals surface area contributed by atoms with E-state index in [2.05, 4.69) is 39.0 Å². The number of rotatable bonds is 5. The summed E-state index contributed by atoms with van der Waals surface area (Å²) in [6.45, 7) is 7.43. The molecule has 2 rings (SSSR count). The van der Waals surface area contributed by atoms with Gasteiger partial charge in [0.1, 0.15) is 5.75 Å². The van der Waals surface area contributed by atoms with Crippen LogP contribution < -0.4 is 10.5 Å². The molecule has 0 atom stereocenters. The monoisotopic (exact) mass is 261 g/mol. The van der Waals surface area contributed by atoms with E-state index in [-0.39, 0.29) is 5.41 Å². The fraction of sp³-hybridized carbons (Fsp3) is 0.647. The standard InChI is InChI=1S/C17H27NO/c1-5-16(6-2)10-17(11-16,12-18)14-8-7-13(3)15(9-14)19-4/h7-9H,5-6,10-12,18H2,1-4H3. The van der Waals surface area contributed by atoms with Crippen LogP contribution in [-0.4, -0.2) is 13.7 Å². The number of methoxy groups -OCH3 is 1. The number of hydrogen-bond acceptors (Lipinski definition) is 2. The van der Waals surface area contributed by atoms with Crippen LogP contribution in [0.1, 0.15) is 50.7 Å². The van der Waals surface area contributed by atoms with Crippen LogP contribution in [0.4, 0.5) is 0 Å². The van der Waals surface area contributed by atoms with Crippen LogP contribution in [0, 0.1) is 12.3 Å². The van der Waals surface area contributed by atoms with Crippen LogP contribution in [-0.2, 0) is 5.41 Å². The first kappa shape index (κ1) is 14.4. The first-order valence-corrected chi connectivity index (χ1v) is 7.40. The molecule has 2 nitrogen and oxygen atoms in total. The Morgan fingerprint density at radius 3 is 2.32 bits per heavy atom. The number of benzene rings is 1. The molecule has 1 aliphatic carbocycles. The first-order chi connectivity index (χ1) is 9.04. The van der Waals surface area contributed by atoms with Crippen LogP contribution in [0.25, 0.3) is 0 Å². The predicted molar refractivity (Wildman–Crippen MR) is 80.7 cm³/mol. The maximum atomic E-state index is 6.12. The number of hydrogen-bond donors (Lipinski definition) is 1. The smallest absolute Gasteiger partial charge is 0.122 e. The highest BCUT2D eigenvalue weighted by molar-refractivity contribution is 5.42. The molecule has 0 aliphatic heterocycles. The molecule has 19 heavy (non-hydrogen) atoms. The summed E-state index contributed by atoms with van der Waals surface area (Å²) in [4.78, 5) is 0. The van der Waals surface area contributed by atoms with Gasteiger partial charge in [-0.05, 0) is 42.4 Å². The van der Waals surface area contributed by atoms with Crippen LogP contribution >= 0.6 is 0 Å². The minimum absolute atomic E-state index is 0.174. The Hall–Kier alpha value is -1.02. The van der Waals surface area contributed by atoms with Crippen molar-refractivity contribution < 1.29 is 4.74 Å². The van der Waals surface area contributed by atoms with Crippen molar-refractivity contribution in [1.82, 2.24) is 0 Å². The van der Waals surface area contributed by atoms with Crippen LogP contribution in [0.3, 0.4) is 0 Å². The fourth-order valence-electron chi connectivity index (χ4n) is 3.75. The lowest BCUT2D eigenvalue weighted by Gasteiger charge is -2.56. The van der Waals surface area contributed by atoms with Gasteiger partial charge in [0, 0.05) is 12.0 Å². The summed E-state index contributed by atoms with van der Waals surface area (Å²) in [6, 6.07) is 6.58. The van der Waals surface area contributed by atoms with Crippen molar-refractivity contribution in [3.63, 3.8) is 0 Å². The molecule has 1 aliphatic rings. The number of ether oxygens (including phenoxy) is 1. The van der Waals surface area contributed by atoms with Gasteiger partial charge in [0.15, 0.2) is 0 Å². The van der Waals surface area contributed by atoms with E-state index < -0.39 is 0 Å². The Morgan fingerprint density at radius 1 is 1.21 bits per heavy atom. The average molecular weight is 261 g/mol. The Labute approximate surface area is 117 Å². The molecule has 2 heteroatoms. The quantitative estimate of drug-likeness (QED) is 0.875. The van der Waals surface area contributed by atoms with E-state index in [1.165, 1.54) is 36.8 Å². The topological polar surface area (TPSA) is 35.2 Å². The van der Waals surface area contributed by atoms with Crippen molar-refractivity contribution in [2.24, 2.45) is 11.1 Å². The van der Waals surface area contributed by atoms with Crippen molar-refractivity contribution in [2.45, 2.75) is 51.9 Å². The highest BCUT2D eigenvalue weighted by Gasteiger charge is 2.52. The Kier molecular flexibility index (Phi) is 3.91. The summed E-state index contributed by atoms with van der Waals surface area (Å²) in [5, 5.41) is 0. The summed E-state index contributed by atoms with van der Waals surface area (Å²) in [7, 11) is 1.74. The SMILES string of the molecule is CCC1(CC)CC(CN)(c2ccc(C)c(OC)c2)C1. The molecule has 0 heterocycles. The zero-order chi connectivity index (χ0) is 14.1. The van der Waals surface area contributed by atoms with Gasteiger partial charge < -0.3 is 10.5 Å². The normalized spacial score (nSPS) is 19.8. The van der Waals surface area contributed by atoms with Gasteiger partial charge in [-0.15, -0.1) is 0 Å². The van der Waals surface area contributed by atoms with Crippen molar-refractivity contribution in [2.75, 3.05) is 13.7 Å². The predicted octanol–water partition coefficient (Wildman–Crippen LogP) is 3.80. The Balaban J connectivity index is 2.30. The van der Waals surface area contributed by atoms with Crippen molar-refractivity contribution in [3.8, 4) is 5.75 Å². The third kappa shape index (κ3) is 2.27. The average Bonchev–Trinajstić information content (AvgIpc) is 2.41. The van der Waals surface area contributed by atoms with Gasteiger partial charge in [-0.3, -0.25) is 0 Å². The minimum atomic E-state index is 0.174. The summed E-state index contributed by atoms with van der Waals surface area (Å²) in [5.74, 6) is 0.982. The molecule has 0 bridgehead atoms. The second kappa shape index (κ2) is 5.16. The number of aryl methyl sites for hydroxylation is 1. The first-order valence-electron chi connectivity index (χ1n) is 7.40. The highest BCUT2D eigenvalue weighted by Crippen LogP contribution is 2.59. The van der Waals surface area contributed by atoms with Gasteiger partial charge in [0.05, 0.1) is 7.11 Å². The molecular formula is C17H27NO. The highest BCUT2D eigenvalue weighted by atomic mass is 16.5. The maximum Gasteiger partial charge on any atom is 0.122 e. The van der Waals surface area contributed by atoms with Crippen LogP contribution in [0.2, 0.25) is 0 Å². The lowest BCUT2D eigenvalue weighted by atomic mass is 9.48. The second-order valence-electron chi connectivity index (χ2n) is 6.23. The zero-order valence-electron chi connectivity index (χ0n) is 12.8. The van der Waals surface area contributed by atoms with Crippen LogP contribution in [0.5, 0.6) is 5.75 Å². The third-order valence-corrected chi connectivity index (χ3v) is 5.34. The van der Waals surface area contributed by atoms with E-state index in [0.717, 1.165) is 12.3 Å². The summed E-state index contributed by atoms with van der Waals surface area (Å²) in [5.41, 5.74) is 9.35. The molecule has 1 aromatic rings.